The summed E-state index contributed by atoms with van der Waals surface area (Å²) < 4.78 is 0. The Balaban J connectivity index is 0. The highest BCUT2D eigenvalue weighted by Gasteiger charge is 2.31. The average Bonchev–Trinajstić information content (AvgIpc) is 2.08. The standard InChI is InChI=1S/C11H24.C10H22O/c1-8(2)10(9(3)4)11(5,6)7;1-7(2)9(8(3)4)10(5,6)11/h8-10H,1-7H3;7-9,11H,1-6H3. The van der Waals surface area contributed by atoms with Crippen LogP contribution in [-0.2, 0) is 0 Å². The van der Waals surface area contributed by atoms with E-state index in [1.165, 1.54) is 0 Å². The Kier molecular flexibility index (Phi) is 10.2. The predicted molar refractivity (Wildman–Crippen MR) is 102 cm³/mol. The van der Waals surface area contributed by atoms with Gasteiger partial charge in [0.25, 0.3) is 0 Å². The van der Waals surface area contributed by atoms with Crippen LogP contribution in [0.3, 0.4) is 0 Å². The lowest BCUT2D eigenvalue weighted by atomic mass is 9.69. The summed E-state index contributed by atoms with van der Waals surface area (Å²) >= 11 is 0. The third kappa shape index (κ3) is 9.18. The minimum Gasteiger partial charge on any atom is -0.390 e. The largest absolute Gasteiger partial charge is 0.390 e. The van der Waals surface area contributed by atoms with Crippen LogP contribution in [0.15, 0.2) is 0 Å². The maximum atomic E-state index is 9.82. The Morgan fingerprint density at radius 1 is 0.500 bits per heavy atom. The minimum atomic E-state index is -0.539. The van der Waals surface area contributed by atoms with Gasteiger partial charge in [0.15, 0.2) is 0 Å². The molecule has 0 amide bonds. The molecule has 0 radical (unpaired) electrons. The first-order valence-electron chi connectivity index (χ1n) is 9.25. The summed E-state index contributed by atoms with van der Waals surface area (Å²) in [4.78, 5) is 0. The molecule has 0 aliphatic rings. The molecule has 0 saturated carbocycles. The Bertz CT molecular complexity index is 227. The van der Waals surface area contributed by atoms with Gasteiger partial charge in [-0.25, -0.2) is 0 Å². The van der Waals surface area contributed by atoms with Crippen LogP contribution >= 0.6 is 0 Å². The van der Waals surface area contributed by atoms with Crippen LogP contribution in [0.2, 0.25) is 0 Å². The molecule has 0 aliphatic carbocycles. The first kappa shape index (κ1) is 24.2. The summed E-state index contributed by atoms with van der Waals surface area (Å²) in [5.41, 5.74) is -0.0787. The first-order chi connectivity index (χ1) is 9.53. The van der Waals surface area contributed by atoms with E-state index in [2.05, 4.69) is 76.2 Å². The van der Waals surface area contributed by atoms with Gasteiger partial charge in [-0.2, -0.15) is 0 Å². The summed E-state index contributed by atoms with van der Waals surface area (Å²) in [5, 5.41) is 9.82. The highest BCUT2D eigenvalue weighted by molar-refractivity contribution is 4.81. The molecule has 1 nitrogen and oxygen atoms in total. The van der Waals surface area contributed by atoms with Gasteiger partial charge < -0.3 is 5.11 Å². The maximum absolute atomic E-state index is 9.82. The molecule has 0 aliphatic heterocycles. The third-order valence-electron chi connectivity index (χ3n) is 4.69. The molecule has 0 aromatic rings. The van der Waals surface area contributed by atoms with E-state index >= 15 is 0 Å². The van der Waals surface area contributed by atoms with Gasteiger partial charge in [-0.15, -0.1) is 0 Å². The van der Waals surface area contributed by atoms with Crippen LogP contribution in [0.5, 0.6) is 0 Å². The van der Waals surface area contributed by atoms with Gasteiger partial charge in [0.1, 0.15) is 0 Å². The molecule has 0 atom stereocenters. The van der Waals surface area contributed by atoms with Crippen LogP contribution in [-0.4, -0.2) is 10.7 Å². The number of hydrogen-bond acceptors (Lipinski definition) is 1. The SMILES string of the molecule is CC(C)C(C(C)C)C(C)(C)C.CC(C)C(C(C)C)C(C)(C)O. The highest BCUT2D eigenvalue weighted by Crippen LogP contribution is 2.37. The lowest BCUT2D eigenvalue weighted by Crippen LogP contribution is -2.37. The molecule has 1 N–H and O–H groups in total. The van der Waals surface area contributed by atoms with Crippen molar-refractivity contribution in [3.05, 3.63) is 0 Å². The van der Waals surface area contributed by atoms with Crippen LogP contribution in [0.4, 0.5) is 0 Å². The monoisotopic (exact) mass is 314 g/mol. The molecular formula is C21H46O. The molecule has 0 rings (SSSR count). The summed E-state index contributed by atoms with van der Waals surface area (Å²) in [6.07, 6.45) is 0. The van der Waals surface area contributed by atoms with Crippen LogP contribution in [0.1, 0.15) is 90.0 Å². The smallest absolute Gasteiger partial charge is 0.0624 e. The van der Waals surface area contributed by atoms with Crippen molar-refractivity contribution in [2.75, 3.05) is 0 Å². The van der Waals surface area contributed by atoms with E-state index in [-0.39, 0.29) is 0 Å². The second-order valence-corrected chi connectivity index (χ2v) is 10.0. The normalized spacial score (nSPS) is 13.6. The van der Waals surface area contributed by atoms with Crippen molar-refractivity contribution in [3.63, 3.8) is 0 Å². The zero-order valence-electron chi connectivity index (χ0n) is 17.9. The summed E-state index contributed by atoms with van der Waals surface area (Å²) in [5.74, 6) is 3.93. The molecule has 0 unspecified atom stereocenters. The molecule has 0 aromatic carbocycles. The Morgan fingerprint density at radius 2 is 0.727 bits per heavy atom. The summed E-state index contributed by atoms with van der Waals surface area (Å²) in [6.45, 7) is 28.8. The molecule has 0 aromatic heterocycles. The molecule has 0 fully saturated rings. The summed E-state index contributed by atoms with van der Waals surface area (Å²) in [7, 11) is 0. The van der Waals surface area contributed by atoms with Gasteiger partial charge in [0.05, 0.1) is 5.60 Å². The van der Waals surface area contributed by atoms with Crippen molar-refractivity contribution in [2.24, 2.45) is 40.9 Å². The van der Waals surface area contributed by atoms with Gasteiger partial charge in [-0.05, 0) is 54.8 Å². The van der Waals surface area contributed by atoms with Crippen molar-refractivity contribution in [2.45, 2.75) is 95.6 Å². The van der Waals surface area contributed by atoms with E-state index in [9.17, 15) is 5.11 Å². The van der Waals surface area contributed by atoms with E-state index in [1.54, 1.807) is 0 Å². The Labute approximate surface area is 142 Å². The summed E-state index contributed by atoms with van der Waals surface area (Å²) in [6, 6.07) is 0. The second kappa shape index (κ2) is 9.30. The van der Waals surface area contributed by atoms with Crippen molar-refractivity contribution < 1.29 is 5.11 Å². The van der Waals surface area contributed by atoms with Gasteiger partial charge in [-0.3, -0.25) is 0 Å². The van der Waals surface area contributed by atoms with Gasteiger partial charge in [0, 0.05) is 0 Å². The zero-order chi connectivity index (χ0) is 18.5. The average molecular weight is 315 g/mol. The fourth-order valence-corrected chi connectivity index (χ4v) is 5.17. The molecular weight excluding hydrogens is 268 g/mol. The molecule has 136 valence electrons. The number of hydrogen-bond donors (Lipinski definition) is 1. The molecule has 0 spiro atoms. The number of rotatable bonds is 5. The Morgan fingerprint density at radius 3 is 0.727 bits per heavy atom. The van der Waals surface area contributed by atoms with Gasteiger partial charge in [0.2, 0.25) is 0 Å². The molecule has 0 heterocycles. The fraction of sp³-hybridized carbons (Fsp3) is 1.00. The molecule has 1 heteroatoms. The quantitative estimate of drug-likeness (QED) is 0.602. The lowest BCUT2D eigenvalue weighted by molar-refractivity contribution is -0.0255. The van der Waals surface area contributed by atoms with Gasteiger partial charge in [-0.1, -0.05) is 76.2 Å². The molecule has 0 saturated heterocycles. The third-order valence-corrected chi connectivity index (χ3v) is 4.69. The maximum Gasteiger partial charge on any atom is 0.0624 e. The minimum absolute atomic E-state index is 0.391. The van der Waals surface area contributed by atoms with Crippen LogP contribution in [0.25, 0.3) is 0 Å². The molecule has 0 bridgehead atoms. The van der Waals surface area contributed by atoms with Crippen LogP contribution in [0, 0.1) is 40.9 Å². The van der Waals surface area contributed by atoms with E-state index in [0.717, 1.165) is 17.8 Å². The second-order valence-electron chi connectivity index (χ2n) is 10.0. The zero-order valence-corrected chi connectivity index (χ0v) is 17.9. The first-order valence-corrected chi connectivity index (χ1v) is 9.25. The molecule has 22 heavy (non-hydrogen) atoms. The van der Waals surface area contributed by atoms with E-state index in [4.69, 9.17) is 0 Å². The fourth-order valence-electron chi connectivity index (χ4n) is 5.17. The topological polar surface area (TPSA) is 20.2 Å². The number of aliphatic hydroxyl groups is 1. The predicted octanol–water partition coefficient (Wildman–Crippen LogP) is 6.65. The highest BCUT2D eigenvalue weighted by atomic mass is 16.3. The van der Waals surface area contributed by atoms with E-state index in [0.29, 0.717) is 23.2 Å². The van der Waals surface area contributed by atoms with Crippen molar-refractivity contribution in [3.8, 4) is 0 Å². The van der Waals surface area contributed by atoms with Crippen molar-refractivity contribution in [1.29, 1.82) is 0 Å². The van der Waals surface area contributed by atoms with Crippen molar-refractivity contribution in [1.82, 2.24) is 0 Å². The van der Waals surface area contributed by atoms with Crippen molar-refractivity contribution >= 4 is 0 Å². The van der Waals surface area contributed by atoms with E-state index < -0.39 is 5.60 Å². The van der Waals surface area contributed by atoms with Crippen LogP contribution < -0.4 is 0 Å². The van der Waals surface area contributed by atoms with Gasteiger partial charge >= 0.3 is 0 Å². The van der Waals surface area contributed by atoms with E-state index in [1.807, 2.05) is 13.8 Å². The lowest BCUT2D eigenvalue weighted by Gasteiger charge is -2.37. The Hall–Kier alpha value is -0.0400.